The second-order valence-electron chi connectivity index (χ2n) is 4.45. The van der Waals surface area contributed by atoms with Gasteiger partial charge in [-0.05, 0) is 18.1 Å². The highest BCUT2D eigenvalue weighted by atomic mass is 32.2. The minimum Gasteiger partial charge on any atom is -0.258 e. The summed E-state index contributed by atoms with van der Waals surface area (Å²) in [5.74, 6) is 0.211. The molecule has 0 amide bonds. The number of aryl methyl sites for hydroxylation is 1. The Morgan fingerprint density at radius 2 is 1.64 bits per heavy atom. The van der Waals surface area contributed by atoms with Crippen molar-refractivity contribution in [2.45, 2.75) is 11.3 Å². The Bertz CT molecular complexity index is 733. The van der Waals surface area contributed by atoms with Gasteiger partial charge >= 0.3 is 0 Å². The normalized spacial score (nSPS) is 11.8. The van der Waals surface area contributed by atoms with Gasteiger partial charge < -0.3 is 0 Å². The summed E-state index contributed by atoms with van der Waals surface area (Å²) in [6.07, 6.45) is 0.502. The van der Waals surface area contributed by atoms with Gasteiger partial charge in [-0.1, -0.05) is 30.3 Å². The van der Waals surface area contributed by atoms with Crippen molar-refractivity contribution < 1.29 is 14.1 Å². The van der Waals surface area contributed by atoms with Crippen LogP contribution in [0.25, 0.3) is 0 Å². The van der Waals surface area contributed by atoms with Crippen LogP contribution in [0.1, 0.15) is 5.56 Å². The van der Waals surface area contributed by atoms with Gasteiger partial charge in [0.25, 0.3) is 11.4 Å². The smallest absolute Gasteiger partial charge is 0.258 e. The Labute approximate surface area is 128 Å². The average Bonchev–Trinajstić information content (AvgIpc) is 2.52. The van der Waals surface area contributed by atoms with Crippen molar-refractivity contribution in [2.75, 3.05) is 5.75 Å². The van der Waals surface area contributed by atoms with Crippen LogP contribution in [0.4, 0.5) is 11.4 Å². The highest BCUT2D eigenvalue weighted by molar-refractivity contribution is 7.85. The van der Waals surface area contributed by atoms with Crippen molar-refractivity contribution in [1.82, 2.24) is 0 Å². The van der Waals surface area contributed by atoms with Crippen molar-refractivity contribution in [3.8, 4) is 0 Å². The molecule has 2 aromatic carbocycles. The van der Waals surface area contributed by atoms with Gasteiger partial charge in [-0.15, -0.1) is 0 Å². The summed E-state index contributed by atoms with van der Waals surface area (Å²) >= 11 is 0. The van der Waals surface area contributed by atoms with E-state index in [0.717, 1.165) is 17.7 Å². The number of nitro groups is 2. The maximum absolute atomic E-state index is 12.3. The highest BCUT2D eigenvalue weighted by Crippen LogP contribution is 2.27. The lowest BCUT2D eigenvalue weighted by atomic mass is 10.2. The third kappa shape index (κ3) is 3.73. The van der Waals surface area contributed by atoms with E-state index in [1.807, 2.05) is 30.3 Å². The Hall–Kier alpha value is -2.61. The fourth-order valence-electron chi connectivity index (χ4n) is 1.92. The molecule has 2 aromatic rings. The molecule has 0 saturated heterocycles. The molecule has 1 atom stereocenters. The lowest BCUT2D eigenvalue weighted by molar-refractivity contribution is -0.396. The maximum atomic E-state index is 12.3. The maximum Gasteiger partial charge on any atom is 0.292 e. The van der Waals surface area contributed by atoms with Crippen molar-refractivity contribution >= 4 is 22.2 Å². The molecule has 1 unspecified atom stereocenters. The molecule has 0 aliphatic rings. The largest absolute Gasteiger partial charge is 0.292 e. The lowest BCUT2D eigenvalue weighted by Gasteiger charge is -2.04. The van der Waals surface area contributed by atoms with Gasteiger partial charge in [-0.3, -0.25) is 24.4 Å². The number of nitrogens with zero attached hydrogens (tertiary/aromatic N) is 2. The molecule has 0 spiro atoms. The van der Waals surface area contributed by atoms with Crippen LogP contribution in [-0.4, -0.2) is 19.8 Å². The number of non-ortho nitro benzene ring substituents is 1. The summed E-state index contributed by atoms with van der Waals surface area (Å²) in [5, 5.41) is 21.7. The first-order valence-electron chi connectivity index (χ1n) is 6.34. The lowest BCUT2D eigenvalue weighted by Crippen LogP contribution is -2.05. The summed E-state index contributed by atoms with van der Waals surface area (Å²) < 4.78 is 12.3. The van der Waals surface area contributed by atoms with Crippen molar-refractivity contribution in [1.29, 1.82) is 0 Å². The van der Waals surface area contributed by atoms with E-state index in [1.54, 1.807) is 0 Å². The van der Waals surface area contributed by atoms with Crippen LogP contribution in [0, 0.1) is 20.2 Å². The van der Waals surface area contributed by atoms with E-state index < -0.39 is 32.0 Å². The van der Waals surface area contributed by atoms with E-state index >= 15 is 0 Å². The molecule has 0 fully saturated rings. The molecule has 0 aliphatic carbocycles. The van der Waals surface area contributed by atoms with Gasteiger partial charge in [0, 0.05) is 11.8 Å². The molecule has 0 aliphatic heterocycles. The summed E-state index contributed by atoms with van der Waals surface area (Å²) in [4.78, 5) is 20.2. The molecule has 0 N–H and O–H groups in total. The van der Waals surface area contributed by atoms with Crippen LogP contribution in [0.3, 0.4) is 0 Å². The van der Waals surface area contributed by atoms with Crippen LogP contribution in [0.5, 0.6) is 0 Å². The molecule has 0 aromatic heterocycles. The van der Waals surface area contributed by atoms with Gasteiger partial charge in [0.2, 0.25) is 0 Å². The molecule has 2 rings (SSSR count). The third-order valence-corrected chi connectivity index (χ3v) is 4.42. The van der Waals surface area contributed by atoms with E-state index in [0.29, 0.717) is 6.42 Å². The Morgan fingerprint density at radius 1 is 0.955 bits per heavy atom. The second-order valence-corrected chi connectivity index (χ2v) is 5.99. The van der Waals surface area contributed by atoms with E-state index in [9.17, 15) is 24.4 Å². The summed E-state index contributed by atoms with van der Waals surface area (Å²) in [6, 6.07) is 12.5. The molecule has 0 heterocycles. The quantitative estimate of drug-likeness (QED) is 0.601. The molecule has 7 nitrogen and oxygen atoms in total. The molecule has 0 radical (unpaired) electrons. The Morgan fingerprint density at radius 3 is 2.23 bits per heavy atom. The van der Waals surface area contributed by atoms with Crippen LogP contribution < -0.4 is 0 Å². The van der Waals surface area contributed by atoms with Gasteiger partial charge in [-0.25, -0.2) is 0 Å². The van der Waals surface area contributed by atoms with E-state index in [2.05, 4.69) is 0 Å². The molecule has 0 saturated carbocycles. The second kappa shape index (κ2) is 6.90. The zero-order valence-electron chi connectivity index (χ0n) is 11.4. The fraction of sp³-hybridized carbons (Fsp3) is 0.143. The predicted molar refractivity (Wildman–Crippen MR) is 81.2 cm³/mol. The predicted octanol–water partition coefficient (Wildman–Crippen LogP) is 2.85. The highest BCUT2D eigenvalue weighted by Gasteiger charge is 2.23. The number of nitro benzene ring substituents is 2. The topological polar surface area (TPSA) is 103 Å². The van der Waals surface area contributed by atoms with Crippen LogP contribution in [0.2, 0.25) is 0 Å². The van der Waals surface area contributed by atoms with Crippen molar-refractivity contribution in [3.05, 3.63) is 74.3 Å². The zero-order valence-corrected chi connectivity index (χ0v) is 12.2. The van der Waals surface area contributed by atoms with Gasteiger partial charge in [0.05, 0.1) is 26.7 Å². The summed E-state index contributed by atoms with van der Waals surface area (Å²) in [5.41, 5.74) is 0.0940. The third-order valence-electron chi connectivity index (χ3n) is 3.01. The van der Waals surface area contributed by atoms with Gasteiger partial charge in [0.1, 0.15) is 4.90 Å². The van der Waals surface area contributed by atoms with E-state index in [-0.39, 0.29) is 10.6 Å². The van der Waals surface area contributed by atoms with Crippen LogP contribution >= 0.6 is 0 Å². The van der Waals surface area contributed by atoms with Gasteiger partial charge in [0.15, 0.2) is 0 Å². The first kappa shape index (κ1) is 15.8. The number of hydrogen-bond acceptors (Lipinski definition) is 5. The molecular weight excluding hydrogens is 308 g/mol. The average molecular weight is 320 g/mol. The minimum absolute atomic E-state index is 0.00605. The zero-order chi connectivity index (χ0) is 16.1. The standard InChI is InChI=1S/C14H12N2O5S/c17-15(18)12-6-7-14(13(10-12)16(19)20)22(21)9-8-11-4-2-1-3-5-11/h1-7,10H,8-9H2. The Balaban J connectivity index is 2.22. The first-order chi connectivity index (χ1) is 10.5. The summed E-state index contributed by atoms with van der Waals surface area (Å²) in [6.45, 7) is 0. The fourth-order valence-corrected chi connectivity index (χ4v) is 3.15. The molecule has 22 heavy (non-hydrogen) atoms. The van der Waals surface area contributed by atoms with Gasteiger partial charge in [-0.2, -0.15) is 0 Å². The monoisotopic (exact) mass is 320 g/mol. The molecule has 8 heteroatoms. The molecular formula is C14H12N2O5S. The Kier molecular flexibility index (Phi) is 4.95. The first-order valence-corrected chi connectivity index (χ1v) is 7.66. The molecule has 0 bridgehead atoms. The SMILES string of the molecule is O=[N+]([O-])c1ccc(S(=O)CCc2ccccc2)c([N+](=O)[O-])c1. The van der Waals surface area contributed by atoms with Crippen molar-refractivity contribution in [2.24, 2.45) is 0 Å². The number of benzene rings is 2. The molecule has 114 valence electrons. The number of rotatable bonds is 6. The van der Waals surface area contributed by atoms with Crippen LogP contribution in [0.15, 0.2) is 53.4 Å². The number of hydrogen-bond donors (Lipinski definition) is 0. The summed E-state index contributed by atoms with van der Waals surface area (Å²) in [7, 11) is -1.60. The van der Waals surface area contributed by atoms with E-state index in [4.69, 9.17) is 0 Å². The minimum atomic E-state index is -1.60. The van der Waals surface area contributed by atoms with Crippen molar-refractivity contribution in [3.63, 3.8) is 0 Å². The van der Waals surface area contributed by atoms with E-state index in [1.165, 1.54) is 6.07 Å². The van der Waals surface area contributed by atoms with Crippen LogP contribution in [-0.2, 0) is 17.2 Å².